The minimum atomic E-state index is -0.666. The summed E-state index contributed by atoms with van der Waals surface area (Å²) in [5.41, 5.74) is 3.44. The van der Waals surface area contributed by atoms with Crippen LogP contribution in [0, 0.1) is 6.92 Å². The molecule has 174 valence electrons. The molecule has 2 amide bonds. The highest BCUT2D eigenvalue weighted by Gasteiger charge is 2.33. The van der Waals surface area contributed by atoms with Crippen LogP contribution in [0.15, 0.2) is 48.5 Å². The topological polar surface area (TPSA) is 80.1 Å². The van der Waals surface area contributed by atoms with E-state index < -0.39 is 6.04 Å². The average Bonchev–Trinajstić information content (AvgIpc) is 3.47. The summed E-state index contributed by atoms with van der Waals surface area (Å²) in [6.45, 7) is 4.65. The number of aromatic nitrogens is 3. The fourth-order valence-electron chi connectivity index (χ4n) is 4.67. The van der Waals surface area contributed by atoms with Crippen LogP contribution in [0.5, 0.6) is 0 Å². The van der Waals surface area contributed by atoms with Crippen LogP contribution in [-0.2, 0) is 16.1 Å². The van der Waals surface area contributed by atoms with E-state index in [1.54, 1.807) is 9.58 Å². The number of para-hydroxylation sites is 1. The molecule has 3 aromatic rings. The monoisotopic (exact) mass is 447 g/mol. The van der Waals surface area contributed by atoms with Crippen molar-refractivity contribution in [2.24, 2.45) is 0 Å². The predicted octanol–water partition coefficient (Wildman–Crippen LogP) is 4.17. The first-order valence-corrected chi connectivity index (χ1v) is 12.0. The van der Waals surface area contributed by atoms with Gasteiger partial charge in [0.05, 0.1) is 5.52 Å². The van der Waals surface area contributed by atoms with E-state index >= 15 is 0 Å². The molecule has 1 aliphatic rings. The number of fused-ring (bicyclic) bond motifs is 1. The lowest BCUT2D eigenvalue weighted by Crippen LogP contribution is -2.47. The number of aryl methyl sites for hydroxylation is 1. The molecule has 1 aromatic heterocycles. The molecule has 7 heteroatoms. The van der Waals surface area contributed by atoms with E-state index in [-0.39, 0.29) is 24.4 Å². The zero-order valence-electron chi connectivity index (χ0n) is 19.5. The van der Waals surface area contributed by atoms with E-state index in [1.807, 2.05) is 55.5 Å². The highest BCUT2D eigenvalue weighted by atomic mass is 16.2. The summed E-state index contributed by atoms with van der Waals surface area (Å²) >= 11 is 0. The summed E-state index contributed by atoms with van der Waals surface area (Å²) in [5, 5.41) is 11.6. The van der Waals surface area contributed by atoms with Gasteiger partial charge >= 0.3 is 0 Å². The number of hydrogen-bond donors (Lipinski definition) is 1. The number of rotatable bonds is 9. The quantitative estimate of drug-likeness (QED) is 0.534. The molecule has 0 radical (unpaired) electrons. The number of amides is 2. The summed E-state index contributed by atoms with van der Waals surface area (Å²) in [7, 11) is 0. The zero-order valence-corrected chi connectivity index (χ0v) is 19.5. The minimum absolute atomic E-state index is 0.0450. The third kappa shape index (κ3) is 5.24. The van der Waals surface area contributed by atoms with Gasteiger partial charge in [0.1, 0.15) is 18.1 Å². The Labute approximate surface area is 195 Å². The fourth-order valence-corrected chi connectivity index (χ4v) is 4.67. The third-order valence-electron chi connectivity index (χ3n) is 6.52. The number of carbonyl (C=O) groups is 2. The Bertz CT molecular complexity index is 1100. The van der Waals surface area contributed by atoms with Gasteiger partial charge in [-0.2, -0.15) is 0 Å². The lowest BCUT2D eigenvalue weighted by Gasteiger charge is -2.33. The smallest absolute Gasteiger partial charge is 0.247 e. The van der Waals surface area contributed by atoms with E-state index in [9.17, 15) is 9.59 Å². The van der Waals surface area contributed by atoms with Gasteiger partial charge in [-0.1, -0.05) is 67.8 Å². The maximum absolute atomic E-state index is 13.7. The minimum Gasteiger partial charge on any atom is -0.351 e. The summed E-state index contributed by atoms with van der Waals surface area (Å²) < 4.78 is 1.63. The van der Waals surface area contributed by atoms with Crippen LogP contribution in [0.1, 0.15) is 62.6 Å². The summed E-state index contributed by atoms with van der Waals surface area (Å²) in [6.07, 6.45) is 6.03. The number of unbranched alkanes of at least 4 members (excludes halogenated alkanes) is 1. The van der Waals surface area contributed by atoms with Crippen LogP contribution in [0.4, 0.5) is 0 Å². The van der Waals surface area contributed by atoms with Gasteiger partial charge in [-0.05, 0) is 49.4 Å². The number of nitrogens with zero attached hydrogens (tertiary/aromatic N) is 4. The molecule has 0 spiro atoms. The number of carbonyl (C=O) groups excluding carboxylic acids is 2. The van der Waals surface area contributed by atoms with Gasteiger partial charge in [0.15, 0.2) is 0 Å². The molecule has 1 atom stereocenters. The van der Waals surface area contributed by atoms with Crippen LogP contribution in [-0.4, -0.2) is 44.3 Å². The summed E-state index contributed by atoms with van der Waals surface area (Å²) in [4.78, 5) is 29.1. The van der Waals surface area contributed by atoms with Crippen LogP contribution in [0.3, 0.4) is 0 Å². The molecular formula is C26H33N5O2. The van der Waals surface area contributed by atoms with Crippen molar-refractivity contribution in [3.05, 3.63) is 59.7 Å². The number of benzene rings is 2. The highest BCUT2D eigenvalue weighted by molar-refractivity contribution is 5.89. The molecule has 1 heterocycles. The van der Waals surface area contributed by atoms with Crippen molar-refractivity contribution < 1.29 is 9.59 Å². The average molecular weight is 448 g/mol. The van der Waals surface area contributed by atoms with Crippen molar-refractivity contribution in [2.75, 3.05) is 6.54 Å². The molecule has 4 rings (SSSR count). The van der Waals surface area contributed by atoms with E-state index in [0.717, 1.165) is 60.7 Å². The van der Waals surface area contributed by atoms with Gasteiger partial charge < -0.3 is 10.2 Å². The van der Waals surface area contributed by atoms with E-state index in [4.69, 9.17) is 0 Å². The molecule has 0 bridgehead atoms. The molecule has 1 fully saturated rings. The molecule has 1 N–H and O–H groups in total. The van der Waals surface area contributed by atoms with Gasteiger partial charge in [-0.25, -0.2) is 4.68 Å². The molecule has 7 nitrogen and oxygen atoms in total. The Morgan fingerprint density at radius 1 is 1.12 bits per heavy atom. The van der Waals surface area contributed by atoms with Crippen LogP contribution in [0.25, 0.3) is 11.0 Å². The van der Waals surface area contributed by atoms with Crippen molar-refractivity contribution in [1.82, 2.24) is 25.2 Å². The molecule has 0 saturated heterocycles. The number of hydrogen-bond acceptors (Lipinski definition) is 4. The Kier molecular flexibility index (Phi) is 7.37. The first-order valence-electron chi connectivity index (χ1n) is 12.0. The van der Waals surface area contributed by atoms with Crippen molar-refractivity contribution in [1.29, 1.82) is 0 Å². The van der Waals surface area contributed by atoms with E-state index in [2.05, 4.69) is 22.6 Å². The van der Waals surface area contributed by atoms with Gasteiger partial charge in [-0.3, -0.25) is 9.59 Å². The van der Waals surface area contributed by atoms with Gasteiger partial charge in [0, 0.05) is 12.6 Å². The lowest BCUT2D eigenvalue weighted by molar-refractivity contribution is -0.141. The standard InChI is InChI=1S/C26H33N5O2/c1-3-4-17-30(24(32)18-31-23-16-10-9-15-22(23)28-29-31)25(21-14-8-5-11-19(21)2)26(33)27-20-12-6-7-13-20/h5,8-11,14-16,20,25H,3-4,6-7,12-13,17-18H2,1-2H3,(H,27,33)/t25-/m1/s1. The predicted molar refractivity (Wildman–Crippen MR) is 128 cm³/mol. The third-order valence-corrected chi connectivity index (χ3v) is 6.52. The lowest BCUT2D eigenvalue weighted by atomic mass is 9.98. The van der Waals surface area contributed by atoms with Crippen LogP contribution in [0.2, 0.25) is 0 Å². The molecular weight excluding hydrogens is 414 g/mol. The molecule has 33 heavy (non-hydrogen) atoms. The first kappa shape index (κ1) is 23.0. The Morgan fingerprint density at radius 3 is 2.61 bits per heavy atom. The SMILES string of the molecule is CCCCN(C(=O)Cn1nnc2ccccc21)[C@@H](C(=O)NC1CCCC1)c1ccccc1C. The first-order chi connectivity index (χ1) is 16.1. The molecule has 1 saturated carbocycles. The van der Waals surface area contributed by atoms with Crippen LogP contribution >= 0.6 is 0 Å². The Balaban J connectivity index is 1.66. The summed E-state index contributed by atoms with van der Waals surface area (Å²) in [6, 6.07) is 15.0. The van der Waals surface area contributed by atoms with Gasteiger partial charge in [0.25, 0.3) is 0 Å². The van der Waals surface area contributed by atoms with Gasteiger partial charge in [0.2, 0.25) is 11.8 Å². The maximum Gasteiger partial charge on any atom is 0.247 e. The Morgan fingerprint density at radius 2 is 1.85 bits per heavy atom. The van der Waals surface area contributed by atoms with Gasteiger partial charge in [-0.15, -0.1) is 5.10 Å². The Hall–Kier alpha value is -3.22. The largest absolute Gasteiger partial charge is 0.351 e. The second kappa shape index (κ2) is 10.6. The van der Waals surface area contributed by atoms with E-state index in [0.29, 0.717) is 6.54 Å². The second-order valence-electron chi connectivity index (χ2n) is 8.93. The number of nitrogens with one attached hydrogen (secondary N) is 1. The van der Waals surface area contributed by atoms with Crippen molar-refractivity contribution >= 4 is 22.8 Å². The van der Waals surface area contributed by atoms with Crippen molar-refractivity contribution in [3.63, 3.8) is 0 Å². The molecule has 2 aromatic carbocycles. The second-order valence-corrected chi connectivity index (χ2v) is 8.93. The zero-order chi connectivity index (χ0) is 23.2. The molecule has 1 aliphatic carbocycles. The molecule has 0 aliphatic heterocycles. The van der Waals surface area contributed by atoms with Crippen molar-refractivity contribution in [3.8, 4) is 0 Å². The van der Waals surface area contributed by atoms with E-state index in [1.165, 1.54) is 0 Å². The van der Waals surface area contributed by atoms with Crippen molar-refractivity contribution in [2.45, 2.75) is 71.0 Å². The fraction of sp³-hybridized carbons (Fsp3) is 0.462. The normalized spacial score (nSPS) is 15.0. The maximum atomic E-state index is 13.7. The highest BCUT2D eigenvalue weighted by Crippen LogP contribution is 2.27. The van der Waals surface area contributed by atoms with Crippen LogP contribution < -0.4 is 5.32 Å². The molecule has 0 unspecified atom stereocenters. The summed E-state index contributed by atoms with van der Waals surface area (Å²) in [5.74, 6) is -0.224.